The first-order valence-corrected chi connectivity index (χ1v) is 7.81. The summed E-state index contributed by atoms with van der Waals surface area (Å²) in [4.78, 5) is 25.1. The molecule has 6 heteroatoms. The van der Waals surface area contributed by atoms with Crippen molar-refractivity contribution < 1.29 is 14.7 Å². The highest BCUT2D eigenvalue weighted by atomic mass is 32.2. The van der Waals surface area contributed by atoms with Crippen LogP contribution >= 0.6 is 11.8 Å². The molecule has 2 N–H and O–H groups in total. The first-order valence-electron chi connectivity index (χ1n) is 6.66. The SMILES string of the molecule is CCN(CC(=O)NC(C)C)C(=O)CSCC(C)CO. The van der Waals surface area contributed by atoms with Crippen LogP contribution in [0.15, 0.2) is 0 Å². The first-order chi connectivity index (χ1) is 8.90. The van der Waals surface area contributed by atoms with Gasteiger partial charge in [0.1, 0.15) is 0 Å². The molecule has 0 bridgehead atoms. The maximum absolute atomic E-state index is 11.9. The number of carbonyl (C=O) groups is 2. The molecule has 0 heterocycles. The van der Waals surface area contributed by atoms with E-state index in [1.54, 1.807) is 4.90 Å². The molecule has 0 aromatic carbocycles. The van der Waals surface area contributed by atoms with E-state index in [0.717, 1.165) is 5.75 Å². The van der Waals surface area contributed by atoms with Crippen molar-refractivity contribution >= 4 is 23.6 Å². The molecule has 112 valence electrons. The van der Waals surface area contributed by atoms with Gasteiger partial charge >= 0.3 is 0 Å². The molecule has 2 amide bonds. The summed E-state index contributed by atoms with van der Waals surface area (Å²) in [6, 6.07) is 0.0843. The molecular weight excluding hydrogens is 264 g/mol. The number of hydrogen-bond acceptors (Lipinski definition) is 4. The van der Waals surface area contributed by atoms with E-state index in [9.17, 15) is 9.59 Å². The minimum absolute atomic E-state index is 0.0310. The zero-order valence-corrected chi connectivity index (χ0v) is 13.1. The van der Waals surface area contributed by atoms with E-state index in [0.29, 0.717) is 12.3 Å². The largest absolute Gasteiger partial charge is 0.396 e. The molecule has 0 saturated heterocycles. The van der Waals surface area contributed by atoms with Gasteiger partial charge < -0.3 is 15.3 Å². The second kappa shape index (κ2) is 10.1. The number of likely N-dealkylation sites (N-methyl/N-ethyl adjacent to an activating group) is 1. The van der Waals surface area contributed by atoms with E-state index >= 15 is 0 Å². The predicted octanol–water partition coefficient (Wildman–Crippen LogP) is 0.721. The van der Waals surface area contributed by atoms with Crippen molar-refractivity contribution in [2.45, 2.75) is 33.7 Å². The number of aliphatic hydroxyl groups excluding tert-OH is 1. The van der Waals surface area contributed by atoms with Gasteiger partial charge in [-0.05, 0) is 32.4 Å². The molecular formula is C13H26N2O3S. The topological polar surface area (TPSA) is 69.6 Å². The molecule has 0 saturated carbocycles. The maximum atomic E-state index is 11.9. The fraction of sp³-hybridized carbons (Fsp3) is 0.846. The third-order valence-electron chi connectivity index (χ3n) is 2.46. The zero-order chi connectivity index (χ0) is 14.8. The molecule has 0 aromatic rings. The third kappa shape index (κ3) is 8.88. The second-order valence-corrected chi connectivity index (χ2v) is 5.96. The van der Waals surface area contributed by atoms with Crippen molar-refractivity contribution in [3.05, 3.63) is 0 Å². The van der Waals surface area contributed by atoms with Crippen LogP contribution in [0.2, 0.25) is 0 Å². The molecule has 0 aliphatic carbocycles. The summed E-state index contributed by atoms with van der Waals surface area (Å²) in [6.45, 7) is 8.36. The van der Waals surface area contributed by atoms with Crippen LogP contribution in [-0.4, -0.2) is 59.1 Å². The van der Waals surface area contributed by atoms with E-state index in [4.69, 9.17) is 5.11 Å². The van der Waals surface area contributed by atoms with Crippen molar-refractivity contribution in [1.82, 2.24) is 10.2 Å². The summed E-state index contributed by atoms with van der Waals surface area (Å²) < 4.78 is 0. The fourth-order valence-electron chi connectivity index (χ4n) is 1.41. The van der Waals surface area contributed by atoms with Gasteiger partial charge in [-0.15, -0.1) is 0 Å². The fourth-order valence-corrected chi connectivity index (χ4v) is 2.39. The highest BCUT2D eigenvalue weighted by Gasteiger charge is 2.16. The first kappa shape index (κ1) is 18.2. The summed E-state index contributed by atoms with van der Waals surface area (Å²) in [6.07, 6.45) is 0. The quantitative estimate of drug-likeness (QED) is 0.656. The molecule has 0 aromatic heterocycles. The van der Waals surface area contributed by atoms with Crippen molar-refractivity contribution in [1.29, 1.82) is 0 Å². The summed E-state index contributed by atoms with van der Waals surface area (Å²) in [5.41, 5.74) is 0. The summed E-state index contributed by atoms with van der Waals surface area (Å²) in [5, 5.41) is 11.7. The Morgan fingerprint density at radius 1 is 1.32 bits per heavy atom. The van der Waals surface area contributed by atoms with Crippen molar-refractivity contribution in [3.63, 3.8) is 0 Å². The molecule has 5 nitrogen and oxygen atoms in total. The van der Waals surface area contributed by atoms with Crippen LogP contribution in [0.25, 0.3) is 0 Å². The summed E-state index contributed by atoms with van der Waals surface area (Å²) in [5.74, 6) is 1.14. The molecule has 0 fully saturated rings. The Bertz CT molecular complexity index is 285. The Hall–Kier alpha value is -0.750. The van der Waals surface area contributed by atoms with E-state index in [-0.39, 0.29) is 36.9 Å². The van der Waals surface area contributed by atoms with Crippen LogP contribution in [0, 0.1) is 5.92 Å². The van der Waals surface area contributed by atoms with Gasteiger partial charge in [0.2, 0.25) is 11.8 Å². The smallest absolute Gasteiger partial charge is 0.239 e. The summed E-state index contributed by atoms with van der Waals surface area (Å²) >= 11 is 1.50. The minimum atomic E-state index is -0.126. The van der Waals surface area contributed by atoms with Crippen LogP contribution in [-0.2, 0) is 9.59 Å². The van der Waals surface area contributed by atoms with E-state index in [2.05, 4.69) is 5.32 Å². The van der Waals surface area contributed by atoms with Gasteiger partial charge in [-0.25, -0.2) is 0 Å². The Morgan fingerprint density at radius 2 is 1.95 bits per heavy atom. The van der Waals surface area contributed by atoms with E-state index < -0.39 is 0 Å². The normalized spacial score (nSPS) is 12.3. The van der Waals surface area contributed by atoms with Gasteiger partial charge in [0.15, 0.2) is 0 Å². The second-order valence-electron chi connectivity index (χ2n) is 4.93. The number of carbonyl (C=O) groups excluding carboxylic acids is 2. The number of aliphatic hydroxyl groups is 1. The number of thioether (sulfide) groups is 1. The monoisotopic (exact) mass is 290 g/mol. The van der Waals surface area contributed by atoms with Gasteiger partial charge in [0, 0.05) is 19.2 Å². The molecule has 1 unspecified atom stereocenters. The zero-order valence-electron chi connectivity index (χ0n) is 12.3. The lowest BCUT2D eigenvalue weighted by Gasteiger charge is -2.21. The Labute approximate surface area is 120 Å². The average molecular weight is 290 g/mol. The number of rotatable bonds is 9. The van der Waals surface area contributed by atoms with Gasteiger partial charge in [0.05, 0.1) is 12.3 Å². The molecule has 0 aliphatic rings. The number of nitrogens with zero attached hydrogens (tertiary/aromatic N) is 1. The van der Waals surface area contributed by atoms with Crippen molar-refractivity contribution in [2.24, 2.45) is 5.92 Å². The van der Waals surface area contributed by atoms with Crippen LogP contribution in [0.5, 0.6) is 0 Å². The highest BCUT2D eigenvalue weighted by molar-refractivity contribution is 7.99. The Kier molecular flexibility index (Phi) is 9.69. The molecule has 0 rings (SSSR count). The lowest BCUT2D eigenvalue weighted by Crippen LogP contribution is -2.43. The lowest BCUT2D eigenvalue weighted by molar-refractivity contribution is -0.134. The van der Waals surface area contributed by atoms with E-state index in [1.165, 1.54) is 11.8 Å². The van der Waals surface area contributed by atoms with Gasteiger partial charge in [-0.1, -0.05) is 6.92 Å². The maximum Gasteiger partial charge on any atom is 0.239 e. The van der Waals surface area contributed by atoms with Crippen molar-refractivity contribution in [3.8, 4) is 0 Å². The number of nitrogens with one attached hydrogen (secondary N) is 1. The highest BCUT2D eigenvalue weighted by Crippen LogP contribution is 2.08. The van der Waals surface area contributed by atoms with Crippen LogP contribution < -0.4 is 5.32 Å². The standard InChI is InChI=1S/C13H26N2O3S/c1-5-15(6-12(17)14-10(2)3)13(18)9-19-8-11(4)7-16/h10-11,16H,5-9H2,1-4H3,(H,14,17). The van der Waals surface area contributed by atoms with Gasteiger partial charge in [-0.2, -0.15) is 11.8 Å². The van der Waals surface area contributed by atoms with Gasteiger partial charge in [-0.3, -0.25) is 9.59 Å². The molecule has 0 aliphatic heterocycles. The van der Waals surface area contributed by atoms with Crippen molar-refractivity contribution in [2.75, 3.05) is 31.2 Å². The Balaban J connectivity index is 4.07. The summed E-state index contributed by atoms with van der Waals surface area (Å²) in [7, 11) is 0. The average Bonchev–Trinajstić information content (AvgIpc) is 2.34. The third-order valence-corrected chi connectivity index (χ3v) is 3.71. The van der Waals surface area contributed by atoms with Crippen LogP contribution in [0.3, 0.4) is 0 Å². The number of hydrogen-bond donors (Lipinski definition) is 2. The lowest BCUT2D eigenvalue weighted by atomic mass is 10.2. The molecule has 0 spiro atoms. The Morgan fingerprint density at radius 3 is 2.42 bits per heavy atom. The number of amides is 2. The molecule has 1 atom stereocenters. The van der Waals surface area contributed by atoms with E-state index in [1.807, 2.05) is 27.7 Å². The molecule has 0 radical (unpaired) electrons. The predicted molar refractivity (Wildman–Crippen MR) is 79.1 cm³/mol. The molecule has 19 heavy (non-hydrogen) atoms. The minimum Gasteiger partial charge on any atom is -0.396 e. The van der Waals surface area contributed by atoms with Gasteiger partial charge in [0.25, 0.3) is 0 Å². The van der Waals surface area contributed by atoms with Crippen LogP contribution in [0.1, 0.15) is 27.7 Å². The van der Waals surface area contributed by atoms with Crippen LogP contribution in [0.4, 0.5) is 0 Å².